The van der Waals surface area contributed by atoms with Crippen LogP contribution in [-0.4, -0.2) is 41.2 Å². The number of hydrogen-bond acceptors (Lipinski definition) is 5. The molecule has 7 nitrogen and oxygen atoms in total. The van der Waals surface area contributed by atoms with E-state index < -0.39 is 36.3 Å². The second-order valence-electron chi connectivity index (χ2n) is 7.37. The lowest BCUT2D eigenvalue weighted by molar-refractivity contribution is -0.151. The molecule has 8 heteroatoms. The fraction of sp³-hybridized carbons (Fsp3) is 0.120. The number of esters is 1. The topological polar surface area (TPSA) is 92.8 Å². The molecule has 0 aromatic heterocycles. The average Bonchev–Trinajstić information content (AvgIpc) is 3.08. The van der Waals surface area contributed by atoms with E-state index in [0.29, 0.717) is 10.7 Å². The summed E-state index contributed by atoms with van der Waals surface area (Å²) in [5, 5.41) is 2.90. The van der Waals surface area contributed by atoms with E-state index in [9.17, 15) is 19.2 Å². The van der Waals surface area contributed by atoms with Crippen LogP contribution in [0.25, 0.3) is 0 Å². The molecule has 0 bridgehead atoms. The SMILES string of the molecule is O=C(COC(=O)[C@@H](Cc1ccccc1)N1C(=O)c2ccccc2C1=O)Nc1ccccc1Cl. The highest BCUT2D eigenvalue weighted by atomic mass is 35.5. The molecule has 0 unspecified atom stereocenters. The minimum absolute atomic E-state index is 0.0529. The molecular weight excluding hydrogens is 444 g/mol. The molecular formula is C25H19ClN2O5. The number of amides is 3. The molecule has 3 aromatic carbocycles. The molecule has 1 aliphatic rings. The number of fused-ring (bicyclic) bond motifs is 1. The standard InChI is InChI=1S/C25H19ClN2O5/c26-19-12-6-7-13-20(19)27-22(29)15-33-25(32)21(14-16-8-2-1-3-9-16)28-23(30)17-10-4-5-11-18(17)24(28)31/h1-13,21H,14-15H2,(H,27,29)/t21-/m1/s1. The zero-order chi connectivity index (χ0) is 23.4. The number of rotatable bonds is 7. The maximum atomic E-state index is 13.0. The number of carbonyl (C=O) groups excluding carboxylic acids is 4. The number of benzene rings is 3. The van der Waals surface area contributed by atoms with Crippen LogP contribution in [0.1, 0.15) is 26.3 Å². The zero-order valence-corrected chi connectivity index (χ0v) is 18.1. The monoisotopic (exact) mass is 462 g/mol. The summed E-state index contributed by atoms with van der Waals surface area (Å²) in [5.41, 5.74) is 1.56. The van der Waals surface area contributed by atoms with E-state index >= 15 is 0 Å². The summed E-state index contributed by atoms with van der Waals surface area (Å²) < 4.78 is 5.22. The summed E-state index contributed by atoms with van der Waals surface area (Å²) in [6, 6.07) is 20.7. The van der Waals surface area contributed by atoms with E-state index in [1.165, 1.54) is 12.1 Å². The molecule has 4 rings (SSSR count). The number of imide groups is 1. The Kier molecular flexibility index (Phi) is 6.51. The molecule has 3 amide bonds. The van der Waals surface area contributed by atoms with Crippen LogP contribution in [0.3, 0.4) is 0 Å². The van der Waals surface area contributed by atoms with Crippen molar-refractivity contribution in [1.82, 2.24) is 4.90 Å². The molecule has 3 aromatic rings. The largest absolute Gasteiger partial charge is 0.454 e. The van der Waals surface area contributed by atoms with Gasteiger partial charge in [-0.15, -0.1) is 0 Å². The second kappa shape index (κ2) is 9.67. The Morgan fingerprint density at radius 1 is 0.848 bits per heavy atom. The van der Waals surface area contributed by atoms with Crippen molar-refractivity contribution in [2.75, 3.05) is 11.9 Å². The van der Waals surface area contributed by atoms with Crippen molar-refractivity contribution >= 4 is 41.0 Å². The van der Waals surface area contributed by atoms with Crippen LogP contribution < -0.4 is 5.32 Å². The number of halogens is 1. The summed E-state index contributed by atoms with van der Waals surface area (Å²) in [4.78, 5) is 52.1. The Bertz CT molecular complexity index is 1190. The van der Waals surface area contributed by atoms with Crippen LogP contribution in [-0.2, 0) is 20.7 Å². The number of nitrogens with one attached hydrogen (secondary N) is 1. The van der Waals surface area contributed by atoms with Crippen molar-refractivity contribution in [3.8, 4) is 0 Å². The van der Waals surface area contributed by atoms with Gasteiger partial charge in [0.1, 0.15) is 6.04 Å². The number of anilines is 1. The Morgan fingerprint density at radius 3 is 2.06 bits per heavy atom. The van der Waals surface area contributed by atoms with E-state index in [4.69, 9.17) is 16.3 Å². The first-order valence-electron chi connectivity index (χ1n) is 10.2. The maximum absolute atomic E-state index is 13.0. The van der Waals surface area contributed by atoms with E-state index in [1.54, 1.807) is 60.7 Å². The smallest absolute Gasteiger partial charge is 0.330 e. The third kappa shape index (κ3) is 4.78. The predicted octanol–water partition coefficient (Wildman–Crippen LogP) is 3.73. The van der Waals surface area contributed by atoms with Crippen molar-refractivity contribution in [1.29, 1.82) is 0 Å². The Hall–Kier alpha value is -3.97. The Labute approximate surface area is 194 Å². The van der Waals surface area contributed by atoms with E-state index in [-0.39, 0.29) is 17.5 Å². The van der Waals surface area contributed by atoms with Gasteiger partial charge in [0, 0.05) is 6.42 Å². The van der Waals surface area contributed by atoms with Gasteiger partial charge in [-0.1, -0.05) is 66.2 Å². The van der Waals surface area contributed by atoms with Crippen LogP contribution in [0, 0.1) is 0 Å². The fourth-order valence-electron chi connectivity index (χ4n) is 3.59. The molecule has 1 atom stereocenters. The Morgan fingerprint density at radius 2 is 1.42 bits per heavy atom. The zero-order valence-electron chi connectivity index (χ0n) is 17.4. The van der Waals surface area contributed by atoms with Gasteiger partial charge in [-0.2, -0.15) is 0 Å². The molecule has 0 aliphatic carbocycles. The van der Waals surface area contributed by atoms with Crippen LogP contribution in [0.2, 0.25) is 5.02 Å². The molecule has 0 spiro atoms. The van der Waals surface area contributed by atoms with Gasteiger partial charge in [0.05, 0.1) is 21.8 Å². The lowest BCUT2D eigenvalue weighted by Gasteiger charge is -2.24. The summed E-state index contributed by atoms with van der Waals surface area (Å²) in [7, 11) is 0. The van der Waals surface area contributed by atoms with Gasteiger partial charge in [0.25, 0.3) is 17.7 Å². The Balaban J connectivity index is 1.52. The van der Waals surface area contributed by atoms with E-state index in [0.717, 1.165) is 10.5 Å². The van der Waals surface area contributed by atoms with Crippen molar-refractivity contribution in [2.24, 2.45) is 0 Å². The van der Waals surface area contributed by atoms with Crippen LogP contribution in [0.5, 0.6) is 0 Å². The first kappa shape index (κ1) is 22.2. The molecule has 1 heterocycles. The summed E-state index contributed by atoms with van der Waals surface area (Å²) >= 11 is 6.03. The summed E-state index contributed by atoms with van der Waals surface area (Å²) in [5.74, 6) is -2.61. The number of nitrogens with zero attached hydrogens (tertiary/aromatic N) is 1. The van der Waals surface area contributed by atoms with Crippen molar-refractivity contribution < 1.29 is 23.9 Å². The van der Waals surface area contributed by atoms with E-state index in [1.807, 2.05) is 6.07 Å². The van der Waals surface area contributed by atoms with Crippen LogP contribution >= 0.6 is 11.6 Å². The third-order valence-electron chi connectivity index (χ3n) is 5.17. The number of para-hydroxylation sites is 1. The first-order valence-corrected chi connectivity index (χ1v) is 10.6. The normalized spacial score (nSPS) is 13.4. The summed E-state index contributed by atoms with van der Waals surface area (Å²) in [6.45, 7) is -0.599. The molecule has 0 fully saturated rings. The highest BCUT2D eigenvalue weighted by Gasteiger charge is 2.43. The number of carbonyl (C=O) groups is 4. The molecule has 0 radical (unpaired) electrons. The molecule has 0 saturated carbocycles. The van der Waals surface area contributed by atoms with Gasteiger partial charge in [0.15, 0.2) is 6.61 Å². The quantitative estimate of drug-likeness (QED) is 0.426. The average molecular weight is 463 g/mol. The van der Waals surface area contributed by atoms with Gasteiger partial charge in [0.2, 0.25) is 0 Å². The van der Waals surface area contributed by atoms with Gasteiger partial charge in [-0.05, 0) is 29.8 Å². The molecule has 1 aliphatic heterocycles. The van der Waals surface area contributed by atoms with Gasteiger partial charge < -0.3 is 10.1 Å². The minimum Gasteiger partial charge on any atom is -0.454 e. The van der Waals surface area contributed by atoms with Crippen molar-refractivity contribution in [3.63, 3.8) is 0 Å². The van der Waals surface area contributed by atoms with E-state index in [2.05, 4.69) is 5.32 Å². The maximum Gasteiger partial charge on any atom is 0.330 e. The van der Waals surface area contributed by atoms with Gasteiger partial charge >= 0.3 is 5.97 Å². The molecule has 1 N–H and O–H groups in total. The highest BCUT2D eigenvalue weighted by molar-refractivity contribution is 6.33. The van der Waals surface area contributed by atoms with Gasteiger partial charge in [-0.3, -0.25) is 19.3 Å². The van der Waals surface area contributed by atoms with Crippen molar-refractivity contribution in [3.05, 3.63) is 101 Å². The number of ether oxygens (including phenoxy) is 1. The molecule has 166 valence electrons. The second-order valence-corrected chi connectivity index (χ2v) is 7.77. The fourth-order valence-corrected chi connectivity index (χ4v) is 3.77. The third-order valence-corrected chi connectivity index (χ3v) is 5.50. The number of hydrogen-bond donors (Lipinski definition) is 1. The van der Waals surface area contributed by atoms with Crippen molar-refractivity contribution in [2.45, 2.75) is 12.5 Å². The van der Waals surface area contributed by atoms with Crippen LogP contribution in [0.15, 0.2) is 78.9 Å². The molecule has 0 saturated heterocycles. The lowest BCUT2D eigenvalue weighted by Crippen LogP contribution is -2.47. The lowest BCUT2D eigenvalue weighted by atomic mass is 10.0. The van der Waals surface area contributed by atoms with Crippen LogP contribution in [0.4, 0.5) is 5.69 Å². The first-order chi connectivity index (χ1) is 16.0. The predicted molar refractivity (Wildman–Crippen MR) is 122 cm³/mol. The van der Waals surface area contributed by atoms with Gasteiger partial charge in [-0.25, -0.2) is 4.79 Å². The molecule has 33 heavy (non-hydrogen) atoms. The summed E-state index contributed by atoms with van der Waals surface area (Å²) in [6.07, 6.45) is 0.0529. The highest BCUT2D eigenvalue weighted by Crippen LogP contribution is 2.26. The minimum atomic E-state index is -1.23.